The molecule has 0 amide bonds. The number of nitrogens with zero attached hydrogens (tertiary/aromatic N) is 2. The smallest absolute Gasteiger partial charge is 0.136 e. The lowest BCUT2D eigenvalue weighted by Crippen LogP contribution is -2.44. The van der Waals surface area contributed by atoms with E-state index in [4.69, 9.17) is 4.42 Å². The van der Waals surface area contributed by atoms with E-state index >= 15 is 0 Å². The molecule has 0 aliphatic heterocycles. The van der Waals surface area contributed by atoms with Gasteiger partial charge < -0.3 is 9.32 Å². The Labute approximate surface area is 244 Å². The molecule has 2 atom stereocenters. The topological polar surface area (TPSA) is 29.3 Å². The van der Waals surface area contributed by atoms with Gasteiger partial charge in [-0.25, -0.2) is 0 Å². The third-order valence-electron chi connectivity index (χ3n) is 8.36. The zero-order valence-corrected chi connectivity index (χ0v) is 23.0. The van der Waals surface area contributed by atoms with Crippen molar-refractivity contribution in [2.45, 2.75) is 6.04 Å². The summed E-state index contributed by atoms with van der Waals surface area (Å²) in [7, 11) is 0. The van der Waals surface area contributed by atoms with Crippen LogP contribution in [0, 0.1) is 5.92 Å². The number of anilines is 2. The van der Waals surface area contributed by atoms with E-state index in [1.165, 1.54) is 21.9 Å². The monoisotopic (exact) mass is 540 g/mol. The molecule has 2 aromatic heterocycles. The number of fused-ring (bicyclic) bond motifs is 4. The first-order valence-corrected chi connectivity index (χ1v) is 14.4. The third-order valence-corrected chi connectivity index (χ3v) is 8.36. The minimum Gasteiger partial charge on any atom is -0.456 e. The maximum Gasteiger partial charge on any atom is 0.136 e. The van der Waals surface area contributed by atoms with Crippen LogP contribution in [0.15, 0.2) is 156 Å². The number of hydrogen-bond donors (Lipinski definition) is 0. The second kappa shape index (κ2) is 10.2. The number of rotatable bonds is 5. The average molecular weight is 541 g/mol. The van der Waals surface area contributed by atoms with Crippen LogP contribution in [0.1, 0.15) is 0 Å². The molecule has 2 aliphatic carbocycles. The standard InChI is InChI=1S/C39H28N2O/c1-3-10-27(11-4-1)28-18-20-31(21-19-28)41(30-12-5-2-6-13-30)35-26-37-39(34-15-8-7-14-33(34)35)38-32(16-9-17-36(38)42-37)29-22-24-40-25-23-29/h1-26,33,35H. The van der Waals surface area contributed by atoms with Crippen LogP contribution in [0.4, 0.5) is 11.4 Å². The first-order chi connectivity index (χ1) is 20.8. The van der Waals surface area contributed by atoms with Crippen molar-refractivity contribution >= 4 is 34.0 Å². The van der Waals surface area contributed by atoms with Gasteiger partial charge in [0.25, 0.3) is 0 Å². The Kier molecular flexibility index (Phi) is 5.93. The largest absolute Gasteiger partial charge is 0.456 e. The highest BCUT2D eigenvalue weighted by Crippen LogP contribution is 2.38. The van der Waals surface area contributed by atoms with Crippen molar-refractivity contribution in [2.24, 2.45) is 5.92 Å². The summed E-state index contributed by atoms with van der Waals surface area (Å²) < 4.78 is 6.65. The Balaban J connectivity index is 1.33. The molecule has 3 nitrogen and oxygen atoms in total. The van der Waals surface area contributed by atoms with Gasteiger partial charge in [-0.1, -0.05) is 97.1 Å². The molecule has 2 heterocycles. The molecule has 4 aromatic carbocycles. The van der Waals surface area contributed by atoms with Crippen LogP contribution in [0.5, 0.6) is 0 Å². The number of allylic oxidation sites excluding steroid dienone is 3. The lowest BCUT2D eigenvalue weighted by atomic mass is 9.81. The summed E-state index contributed by atoms with van der Waals surface area (Å²) in [5, 5.41) is 2.35. The van der Waals surface area contributed by atoms with Crippen LogP contribution in [0.25, 0.3) is 44.9 Å². The number of furan rings is 1. The molecule has 2 aliphatic rings. The minimum absolute atomic E-state index is 0.0172. The molecule has 0 saturated carbocycles. The fourth-order valence-electron chi connectivity index (χ4n) is 6.47. The first kappa shape index (κ1) is 24.4. The van der Waals surface area contributed by atoms with Crippen LogP contribution in [-0.4, -0.2) is 11.0 Å². The quantitative estimate of drug-likeness (QED) is 0.222. The SMILES string of the molecule is C1=CC2=c3c(oc4cccc(-c5ccncc5)c34)=CC(N(c3ccccc3)c3ccc(-c4ccccc4)cc3)C2C=C1. The highest BCUT2D eigenvalue weighted by molar-refractivity contribution is 5.97. The van der Waals surface area contributed by atoms with Gasteiger partial charge in [0.05, 0.1) is 6.04 Å². The Morgan fingerprint density at radius 1 is 0.619 bits per heavy atom. The van der Waals surface area contributed by atoms with Gasteiger partial charge in [-0.15, -0.1) is 0 Å². The van der Waals surface area contributed by atoms with Crippen molar-refractivity contribution in [3.05, 3.63) is 163 Å². The molecule has 0 saturated heterocycles. The maximum absolute atomic E-state index is 6.65. The average Bonchev–Trinajstić information content (AvgIpc) is 3.45. The van der Waals surface area contributed by atoms with Crippen molar-refractivity contribution in [1.29, 1.82) is 0 Å². The van der Waals surface area contributed by atoms with Crippen molar-refractivity contribution in [2.75, 3.05) is 4.90 Å². The molecule has 3 heteroatoms. The van der Waals surface area contributed by atoms with Gasteiger partial charge in [-0.05, 0) is 76.4 Å². The van der Waals surface area contributed by atoms with Crippen LogP contribution in [-0.2, 0) is 0 Å². The van der Waals surface area contributed by atoms with Gasteiger partial charge in [-0.2, -0.15) is 0 Å². The van der Waals surface area contributed by atoms with Gasteiger partial charge in [0.2, 0.25) is 0 Å². The maximum atomic E-state index is 6.65. The first-order valence-electron chi connectivity index (χ1n) is 14.4. The van der Waals surface area contributed by atoms with Crippen molar-refractivity contribution < 1.29 is 4.42 Å². The molecule has 0 N–H and O–H groups in total. The normalized spacial score (nSPS) is 17.0. The van der Waals surface area contributed by atoms with E-state index in [1.807, 2.05) is 12.4 Å². The predicted octanol–water partition coefficient (Wildman–Crippen LogP) is 8.06. The Hall–Kier alpha value is -5.41. The number of para-hydroxylation sites is 1. The molecule has 42 heavy (non-hydrogen) atoms. The summed E-state index contributed by atoms with van der Waals surface area (Å²) >= 11 is 0. The summed E-state index contributed by atoms with van der Waals surface area (Å²) in [4.78, 5) is 6.69. The van der Waals surface area contributed by atoms with E-state index in [9.17, 15) is 0 Å². The van der Waals surface area contributed by atoms with Crippen LogP contribution >= 0.6 is 0 Å². The number of aromatic nitrogens is 1. The van der Waals surface area contributed by atoms with Gasteiger partial charge in [0, 0.05) is 40.3 Å². The summed E-state index contributed by atoms with van der Waals surface area (Å²) in [6.45, 7) is 0. The summed E-state index contributed by atoms with van der Waals surface area (Å²) in [6.07, 6.45) is 14.9. The summed E-state index contributed by atoms with van der Waals surface area (Å²) in [5.74, 6) is 0.141. The molecule has 0 radical (unpaired) electrons. The molecule has 0 bridgehead atoms. The summed E-state index contributed by atoms with van der Waals surface area (Å²) in [6, 6.07) is 40.6. The molecule has 6 aromatic rings. The predicted molar refractivity (Wildman–Crippen MR) is 173 cm³/mol. The highest BCUT2D eigenvalue weighted by atomic mass is 16.3. The van der Waals surface area contributed by atoms with Gasteiger partial charge in [0.15, 0.2) is 0 Å². The van der Waals surface area contributed by atoms with E-state index in [0.29, 0.717) is 0 Å². The van der Waals surface area contributed by atoms with Gasteiger partial charge >= 0.3 is 0 Å². The van der Waals surface area contributed by atoms with Crippen molar-refractivity contribution in [3.8, 4) is 22.3 Å². The Morgan fingerprint density at radius 3 is 2.12 bits per heavy atom. The van der Waals surface area contributed by atoms with E-state index in [2.05, 4.69) is 156 Å². The minimum atomic E-state index is 0.0172. The molecule has 0 spiro atoms. The van der Waals surface area contributed by atoms with Crippen LogP contribution < -0.4 is 15.5 Å². The number of benzene rings is 4. The van der Waals surface area contributed by atoms with E-state index < -0.39 is 0 Å². The van der Waals surface area contributed by atoms with Crippen LogP contribution in [0.3, 0.4) is 0 Å². The lowest BCUT2D eigenvalue weighted by molar-refractivity contribution is 0.560. The second-order valence-corrected chi connectivity index (χ2v) is 10.8. The molecule has 200 valence electrons. The highest BCUT2D eigenvalue weighted by Gasteiger charge is 2.33. The second-order valence-electron chi connectivity index (χ2n) is 10.8. The van der Waals surface area contributed by atoms with Crippen molar-refractivity contribution in [3.63, 3.8) is 0 Å². The molecule has 0 fully saturated rings. The van der Waals surface area contributed by atoms with E-state index in [0.717, 1.165) is 38.9 Å². The van der Waals surface area contributed by atoms with Gasteiger partial charge in [0.1, 0.15) is 11.0 Å². The number of pyridine rings is 1. The lowest BCUT2D eigenvalue weighted by Gasteiger charge is -2.38. The molecule has 2 unspecified atom stereocenters. The third kappa shape index (κ3) is 4.10. The molecule has 8 rings (SSSR count). The van der Waals surface area contributed by atoms with Crippen molar-refractivity contribution in [1.82, 2.24) is 4.98 Å². The fourth-order valence-corrected chi connectivity index (χ4v) is 6.47. The van der Waals surface area contributed by atoms with E-state index in [-0.39, 0.29) is 12.0 Å². The van der Waals surface area contributed by atoms with Gasteiger partial charge in [-0.3, -0.25) is 4.98 Å². The fraction of sp³-hybridized carbons (Fsp3) is 0.0513. The molecular weight excluding hydrogens is 512 g/mol. The molecular formula is C39H28N2O. The van der Waals surface area contributed by atoms with Crippen LogP contribution in [0.2, 0.25) is 0 Å². The summed E-state index contributed by atoms with van der Waals surface area (Å²) in [5.41, 5.74) is 10.1. The Bertz CT molecular complexity index is 2070. The Morgan fingerprint density at radius 2 is 1.33 bits per heavy atom. The number of hydrogen-bond acceptors (Lipinski definition) is 3. The van der Waals surface area contributed by atoms with E-state index in [1.54, 1.807) is 0 Å². The zero-order chi connectivity index (χ0) is 27.9. The zero-order valence-electron chi connectivity index (χ0n) is 23.0.